The van der Waals surface area contributed by atoms with Gasteiger partial charge in [-0.3, -0.25) is 0 Å². The standard InChI is InChI=1S/C8H7BO3S2/c10-5-3-6(13)7(9(11)12)8-4(5)1-2-14-8/h1-3,10-13H. The summed E-state index contributed by atoms with van der Waals surface area (Å²) in [6.45, 7) is 0. The van der Waals surface area contributed by atoms with Crippen molar-refractivity contribution in [1.82, 2.24) is 0 Å². The third-order valence-corrected chi connectivity index (χ3v) is 3.31. The Labute approximate surface area is 90.2 Å². The lowest BCUT2D eigenvalue weighted by Crippen LogP contribution is -2.31. The van der Waals surface area contributed by atoms with E-state index in [1.165, 1.54) is 17.4 Å². The average molecular weight is 226 g/mol. The van der Waals surface area contributed by atoms with Crippen LogP contribution in [0, 0.1) is 0 Å². The van der Waals surface area contributed by atoms with E-state index < -0.39 is 7.12 Å². The van der Waals surface area contributed by atoms with Crippen molar-refractivity contribution in [1.29, 1.82) is 0 Å². The average Bonchev–Trinajstić information content (AvgIpc) is 2.51. The van der Waals surface area contributed by atoms with Crippen molar-refractivity contribution in [3.05, 3.63) is 17.5 Å². The van der Waals surface area contributed by atoms with Gasteiger partial charge >= 0.3 is 7.12 Å². The SMILES string of the molecule is OB(O)c1c(S)cc(O)c2ccsc12. The summed E-state index contributed by atoms with van der Waals surface area (Å²) in [4.78, 5) is 0.382. The summed E-state index contributed by atoms with van der Waals surface area (Å²) in [6.07, 6.45) is 0. The number of benzene rings is 1. The molecule has 0 fully saturated rings. The Bertz CT molecular complexity index is 481. The van der Waals surface area contributed by atoms with Crippen molar-refractivity contribution in [2.45, 2.75) is 4.90 Å². The molecule has 0 unspecified atom stereocenters. The van der Waals surface area contributed by atoms with Crippen LogP contribution in [0.3, 0.4) is 0 Å². The number of hydrogen-bond acceptors (Lipinski definition) is 5. The van der Waals surface area contributed by atoms with Gasteiger partial charge < -0.3 is 15.2 Å². The van der Waals surface area contributed by atoms with E-state index >= 15 is 0 Å². The smallest absolute Gasteiger partial charge is 0.491 e. The van der Waals surface area contributed by atoms with Crippen LogP contribution >= 0.6 is 24.0 Å². The molecular formula is C8H7BO3S2. The Morgan fingerprint density at radius 1 is 1.36 bits per heavy atom. The normalized spacial score (nSPS) is 10.8. The van der Waals surface area contributed by atoms with Crippen LogP contribution in [0.15, 0.2) is 22.4 Å². The maximum atomic E-state index is 9.54. The van der Waals surface area contributed by atoms with Gasteiger partial charge in [0.05, 0.1) is 0 Å². The van der Waals surface area contributed by atoms with E-state index in [4.69, 9.17) is 10.0 Å². The first kappa shape index (κ1) is 9.85. The van der Waals surface area contributed by atoms with Crippen LogP contribution in [-0.4, -0.2) is 22.3 Å². The highest BCUT2D eigenvalue weighted by Gasteiger charge is 2.20. The highest BCUT2D eigenvalue weighted by atomic mass is 32.1. The van der Waals surface area contributed by atoms with Crippen molar-refractivity contribution in [3.63, 3.8) is 0 Å². The van der Waals surface area contributed by atoms with Gasteiger partial charge in [0, 0.05) is 20.4 Å². The summed E-state index contributed by atoms with van der Waals surface area (Å²) >= 11 is 5.43. The number of thiol groups is 1. The molecule has 0 aliphatic heterocycles. The summed E-state index contributed by atoms with van der Waals surface area (Å²) in [6, 6.07) is 3.14. The van der Waals surface area contributed by atoms with Crippen LogP contribution in [-0.2, 0) is 0 Å². The molecule has 0 aliphatic carbocycles. The van der Waals surface area contributed by atoms with E-state index in [2.05, 4.69) is 12.6 Å². The van der Waals surface area contributed by atoms with Crippen molar-refractivity contribution >= 4 is 46.6 Å². The first-order valence-electron chi connectivity index (χ1n) is 3.89. The minimum Gasteiger partial charge on any atom is -0.507 e. The molecule has 0 spiro atoms. The molecule has 2 rings (SSSR count). The molecule has 0 radical (unpaired) electrons. The molecule has 6 heteroatoms. The molecule has 1 aromatic carbocycles. The van der Waals surface area contributed by atoms with Crippen molar-refractivity contribution in [3.8, 4) is 5.75 Å². The van der Waals surface area contributed by atoms with Gasteiger partial charge in [-0.2, -0.15) is 0 Å². The molecule has 3 N–H and O–H groups in total. The fraction of sp³-hybridized carbons (Fsp3) is 0. The highest BCUT2D eigenvalue weighted by Crippen LogP contribution is 2.30. The van der Waals surface area contributed by atoms with Gasteiger partial charge in [0.1, 0.15) is 5.75 Å². The molecule has 1 aromatic heterocycles. The van der Waals surface area contributed by atoms with Gasteiger partial charge in [-0.15, -0.1) is 24.0 Å². The highest BCUT2D eigenvalue weighted by molar-refractivity contribution is 7.80. The van der Waals surface area contributed by atoms with E-state index in [0.29, 0.717) is 20.4 Å². The molecule has 1 heterocycles. The lowest BCUT2D eigenvalue weighted by molar-refractivity contribution is 0.425. The molecule has 0 amide bonds. The third-order valence-electron chi connectivity index (χ3n) is 1.99. The van der Waals surface area contributed by atoms with Gasteiger partial charge in [-0.05, 0) is 17.5 Å². The van der Waals surface area contributed by atoms with E-state index in [0.717, 1.165) is 0 Å². The number of phenols is 1. The first-order valence-corrected chi connectivity index (χ1v) is 5.22. The molecule has 2 aromatic rings. The number of aromatic hydroxyl groups is 1. The van der Waals surface area contributed by atoms with Gasteiger partial charge in [0.25, 0.3) is 0 Å². The van der Waals surface area contributed by atoms with Crippen LogP contribution in [0.2, 0.25) is 0 Å². The van der Waals surface area contributed by atoms with Gasteiger partial charge in [0.2, 0.25) is 0 Å². The number of hydrogen-bond donors (Lipinski definition) is 4. The summed E-state index contributed by atoms with van der Waals surface area (Å²) in [7, 11) is -1.57. The number of thiophene rings is 1. The minimum atomic E-state index is -1.57. The fourth-order valence-corrected chi connectivity index (χ4v) is 2.78. The molecule has 0 atom stereocenters. The van der Waals surface area contributed by atoms with Crippen LogP contribution in [0.1, 0.15) is 0 Å². The molecule has 0 saturated carbocycles. The van der Waals surface area contributed by atoms with Gasteiger partial charge in [-0.1, -0.05) is 0 Å². The first-order chi connectivity index (χ1) is 6.61. The Balaban J connectivity index is 2.86. The second kappa shape index (κ2) is 3.47. The van der Waals surface area contributed by atoms with E-state index in [1.807, 2.05) is 0 Å². The Morgan fingerprint density at radius 2 is 2.07 bits per heavy atom. The minimum absolute atomic E-state index is 0.107. The molecule has 3 nitrogen and oxygen atoms in total. The Kier molecular flexibility index (Phi) is 2.44. The van der Waals surface area contributed by atoms with Crippen molar-refractivity contribution < 1.29 is 15.2 Å². The largest absolute Gasteiger partial charge is 0.507 e. The van der Waals surface area contributed by atoms with Crippen LogP contribution in [0.4, 0.5) is 0 Å². The van der Waals surface area contributed by atoms with Crippen LogP contribution < -0.4 is 5.46 Å². The molecular weight excluding hydrogens is 219 g/mol. The number of fused-ring (bicyclic) bond motifs is 1. The second-order valence-corrected chi connectivity index (χ2v) is 4.26. The molecule has 14 heavy (non-hydrogen) atoms. The Morgan fingerprint density at radius 3 is 2.71 bits per heavy atom. The monoisotopic (exact) mass is 226 g/mol. The maximum absolute atomic E-state index is 9.54. The maximum Gasteiger partial charge on any atom is 0.491 e. The summed E-state index contributed by atoms with van der Waals surface area (Å²) in [5, 5.41) is 30.2. The quantitative estimate of drug-likeness (QED) is 0.425. The van der Waals surface area contributed by atoms with Gasteiger partial charge in [-0.25, -0.2) is 0 Å². The molecule has 0 bridgehead atoms. The van der Waals surface area contributed by atoms with E-state index in [-0.39, 0.29) is 5.75 Å². The molecule has 72 valence electrons. The zero-order valence-corrected chi connectivity index (χ0v) is 8.72. The lowest BCUT2D eigenvalue weighted by Gasteiger charge is -2.06. The summed E-state index contributed by atoms with van der Waals surface area (Å²) < 4.78 is 0.657. The number of phenolic OH excluding ortho intramolecular Hbond substituents is 1. The predicted octanol–water partition coefficient (Wildman–Crippen LogP) is 0.575. The van der Waals surface area contributed by atoms with Crippen molar-refractivity contribution in [2.75, 3.05) is 0 Å². The van der Waals surface area contributed by atoms with E-state index in [1.54, 1.807) is 11.4 Å². The second-order valence-electron chi connectivity index (χ2n) is 2.87. The van der Waals surface area contributed by atoms with Crippen molar-refractivity contribution in [2.24, 2.45) is 0 Å². The fourth-order valence-electron chi connectivity index (χ4n) is 1.37. The number of rotatable bonds is 1. The third kappa shape index (κ3) is 1.40. The molecule has 0 saturated heterocycles. The van der Waals surface area contributed by atoms with Gasteiger partial charge in [0.15, 0.2) is 0 Å². The Hall–Kier alpha value is -0.685. The lowest BCUT2D eigenvalue weighted by atomic mass is 9.79. The van der Waals surface area contributed by atoms with Crippen LogP contribution in [0.5, 0.6) is 5.75 Å². The van der Waals surface area contributed by atoms with Crippen LogP contribution in [0.25, 0.3) is 10.1 Å². The zero-order chi connectivity index (χ0) is 10.3. The topological polar surface area (TPSA) is 60.7 Å². The van der Waals surface area contributed by atoms with E-state index in [9.17, 15) is 5.11 Å². The molecule has 0 aliphatic rings. The zero-order valence-electron chi connectivity index (χ0n) is 7.01. The summed E-state index contributed by atoms with van der Waals surface area (Å²) in [5.74, 6) is 0.107. The summed E-state index contributed by atoms with van der Waals surface area (Å²) in [5.41, 5.74) is 0.344. The predicted molar refractivity (Wildman–Crippen MR) is 60.6 cm³/mol.